The lowest BCUT2D eigenvalue weighted by atomic mass is 10.0. The Bertz CT molecular complexity index is 1330. The van der Waals surface area contributed by atoms with E-state index in [1.807, 2.05) is 24.3 Å². The van der Waals surface area contributed by atoms with Crippen LogP contribution in [0.1, 0.15) is 42.6 Å². The SMILES string of the molecule is CCOC(=O)CCC(NC(=O)c1c(OC)cc(CNc2cnc3ccccc3n2)c(F)c1OC)C(=O)OCC. The van der Waals surface area contributed by atoms with Gasteiger partial charge < -0.3 is 29.6 Å². The molecule has 0 aliphatic rings. The van der Waals surface area contributed by atoms with Crippen LogP contribution in [0.2, 0.25) is 0 Å². The fourth-order valence-corrected chi connectivity index (χ4v) is 3.80. The number of ether oxygens (including phenoxy) is 4. The average molecular weight is 543 g/mol. The Morgan fingerprint density at radius 1 is 1.03 bits per heavy atom. The third-order valence-corrected chi connectivity index (χ3v) is 5.64. The van der Waals surface area contributed by atoms with Crippen molar-refractivity contribution in [3.8, 4) is 11.5 Å². The quantitative estimate of drug-likeness (QED) is 0.309. The molecule has 0 spiro atoms. The van der Waals surface area contributed by atoms with Crippen molar-refractivity contribution in [2.24, 2.45) is 0 Å². The van der Waals surface area contributed by atoms with Crippen molar-refractivity contribution in [2.75, 3.05) is 32.8 Å². The Kier molecular flexibility index (Phi) is 10.4. The largest absolute Gasteiger partial charge is 0.496 e. The topological polar surface area (TPSA) is 138 Å². The summed E-state index contributed by atoms with van der Waals surface area (Å²) in [6.07, 6.45) is 1.32. The van der Waals surface area contributed by atoms with Gasteiger partial charge in [0.2, 0.25) is 0 Å². The highest BCUT2D eigenvalue weighted by atomic mass is 19.1. The fourth-order valence-electron chi connectivity index (χ4n) is 3.80. The molecule has 1 aromatic heterocycles. The molecule has 1 heterocycles. The lowest BCUT2D eigenvalue weighted by Crippen LogP contribution is -2.42. The van der Waals surface area contributed by atoms with Gasteiger partial charge in [0.15, 0.2) is 11.6 Å². The Morgan fingerprint density at radius 2 is 1.74 bits per heavy atom. The Morgan fingerprint density at radius 3 is 2.41 bits per heavy atom. The number of methoxy groups -OCH3 is 2. The minimum atomic E-state index is -1.19. The van der Waals surface area contributed by atoms with E-state index in [2.05, 4.69) is 20.6 Å². The van der Waals surface area contributed by atoms with Crippen LogP contribution in [0.25, 0.3) is 11.0 Å². The highest BCUT2D eigenvalue weighted by Gasteiger charge is 2.30. The van der Waals surface area contributed by atoms with Crippen LogP contribution in [0.3, 0.4) is 0 Å². The Balaban J connectivity index is 1.85. The molecule has 39 heavy (non-hydrogen) atoms. The lowest BCUT2D eigenvalue weighted by Gasteiger charge is -2.20. The first-order valence-electron chi connectivity index (χ1n) is 12.3. The molecule has 11 nitrogen and oxygen atoms in total. The van der Waals surface area contributed by atoms with E-state index in [0.29, 0.717) is 11.3 Å². The summed E-state index contributed by atoms with van der Waals surface area (Å²) in [7, 11) is 2.53. The molecular weight excluding hydrogens is 511 g/mol. The second-order valence-corrected chi connectivity index (χ2v) is 8.18. The summed E-state index contributed by atoms with van der Waals surface area (Å²) in [6.45, 7) is 3.50. The molecule has 1 unspecified atom stereocenters. The van der Waals surface area contributed by atoms with Crippen molar-refractivity contribution in [1.82, 2.24) is 15.3 Å². The number of para-hydroxylation sites is 2. The minimum Gasteiger partial charge on any atom is -0.496 e. The van der Waals surface area contributed by atoms with Crippen molar-refractivity contribution in [3.05, 3.63) is 53.5 Å². The molecular formula is C27H31FN4O7. The number of nitrogens with zero attached hydrogens (tertiary/aromatic N) is 2. The smallest absolute Gasteiger partial charge is 0.328 e. The fraction of sp³-hybridized carbons (Fsp3) is 0.370. The van der Waals surface area contributed by atoms with Gasteiger partial charge in [-0.2, -0.15) is 0 Å². The molecule has 0 aliphatic heterocycles. The second-order valence-electron chi connectivity index (χ2n) is 8.18. The Labute approximate surface area is 225 Å². The molecule has 0 fully saturated rings. The summed E-state index contributed by atoms with van der Waals surface area (Å²) in [5, 5.41) is 5.52. The van der Waals surface area contributed by atoms with Crippen molar-refractivity contribution in [1.29, 1.82) is 0 Å². The molecule has 3 aromatic rings. The third kappa shape index (κ3) is 7.30. The molecule has 0 saturated heterocycles. The van der Waals surface area contributed by atoms with Crippen LogP contribution in [0.4, 0.5) is 10.2 Å². The normalized spacial score (nSPS) is 11.4. The van der Waals surface area contributed by atoms with Crippen molar-refractivity contribution in [2.45, 2.75) is 39.3 Å². The van der Waals surface area contributed by atoms with Crippen LogP contribution in [0.15, 0.2) is 36.5 Å². The van der Waals surface area contributed by atoms with Gasteiger partial charge in [0, 0.05) is 18.5 Å². The zero-order valence-corrected chi connectivity index (χ0v) is 22.2. The molecule has 0 aliphatic carbocycles. The first-order chi connectivity index (χ1) is 18.8. The van der Waals surface area contributed by atoms with Gasteiger partial charge in [-0.25, -0.2) is 14.2 Å². The highest BCUT2D eigenvalue weighted by molar-refractivity contribution is 6.02. The summed E-state index contributed by atoms with van der Waals surface area (Å²) in [5.41, 5.74) is 1.28. The van der Waals surface area contributed by atoms with Gasteiger partial charge in [-0.1, -0.05) is 12.1 Å². The predicted molar refractivity (Wildman–Crippen MR) is 140 cm³/mol. The number of fused-ring (bicyclic) bond motifs is 1. The maximum Gasteiger partial charge on any atom is 0.328 e. The van der Waals surface area contributed by atoms with Crippen molar-refractivity contribution >= 4 is 34.7 Å². The van der Waals surface area contributed by atoms with E-state index in [9.17, 15) is 14.4 Å². The van der Waals surface area contributed by atoms with Gasteiger partial charge in [0.05, 0.1) is 44.7 Å². The second kappa shape index (κ2) is 13.9. The minimum absolute atomic E-state index is 0.0140. The number of carbonyl (C=O) groups excluding carboxylic acids is 3. The van der Waals surface area contributed by atoms with E-state index in [4.69, 9.17) is 18.9 Å². The zero-order chi connectivity index (χ0) is 28.4. The van der Waals surface area contributed by atoms with E-state index in [1.165, 1.54) is 26.5 Å². The number of esters is 2. The molecule has 1 atom stereocenters. The molecule has 208 valence electrons. The maximum absolute atomic E-state index is 15.5. The third-order valence-electron chi connectivity index (χ3n) is 5.64. The van der Waals surface area contributed by atoms with E-state index in [0.717, 1.165) is 5.52 Å². The number of hydrogen-bond acceptors (Lipinski definition) is 10. The summed E-state index contributed by atoms with van der Waals surface area (Å²) >= 11 is 0. The van der Waals surface area contributed by atoms with E-state index < -0.39 is 29.7 Å². The number of anilines is 1. The van der Waals surface area contributed by atoms with Crippen molar-refractivity contribution < 1.29 is 37.7 Å². The number of hydrogen-bond donors (Lipinski definition) is 2. The first-order valence-corrected chi connectivity index (χ1v) is 12.3. The summed E-state index contributed by atoms with van der Waals surface area (Å²) in [6, 6.07) is 7.49. The molecule has 1 amide bonds. The van der Waals surface area contributed by atoms with E-state index in [1.54, 1.807) is 13.8 Å². The zero-order valence-electron chi connectivity index (χ0n) is 22.2. The maximum atomic E-state index is 15.5. The van der Waals surface area contributed by atoms with Crippen LogP contribution < -0.4 is 20.1 Å². The van der Waals surface area contributed by atoms with Gasteiger partial charge >= 0.3 is 11.9 Å². The average Bonchev–Trinajstić information content (AvgIpc) is 2.94. The number of aromatic nitrogens is 2. The van der Waals surface area contributed by atoms with Crippen LogP contribution in [0, 0.1) is 5.82 Å². The summed E-state index contributed by atoms with van der Waals surface area (Å²) < 4.78 is 36.1. The monoisotopic (exact) mass is 542 g/mol. The predicted octanol–water partition coefficient (Wildman–Crippen LogP) is 3.40. The van der Waals surface area contributed by atoms with Crippen LogP contribution in [-0.4, -0.2) is 61.3 Å². The van der Waals surface area contributed by atoms with Crippen molar-refractivity contribution in [3.63, 3.8) is 0 Å². The summed E-state index contributed by atoms with van der Waals surface area (Å²) in [5.74, 6) is -2.86. The van der Waals surface area contributed by atoms with Gasteiger partial charge in [0.25, 0.3) is 5.91 Å². The standard InChI is InChI=1S/C27H31FN4O7/c1-5-38-22(33)12-11-19(27(35)39-6-2)32-26(34)23-20(36-3)13-16(24(28)25(23)37-4)14-30-21-15-29-17-9-7-8-10-18(17)31-21/h7-10,13,15,19H,5-6,11-12,14H2,1-4H3,(H,30,31)(H,32,34). The Hall–Kier alpha value is -4.48. The number of nitrogens with one attached hydrogen (secondary N) is 2. The number of halogens is 1. The van der Waals surface area contributed by atoms with E-state index >= 15 is 4.39 Å². The van der Waals surface area contributed by atoms with Crippen LogP contribution in [0.5, 0.6) is 11.5 Å². The van der Waals surface area contributed by atoms with Gasteiger partial charge in [0.1, 0.15) is 23.2 Å². The van der Waals surface area contributed by atoms with Gasteiger partial charge in [-0.05, 0) is 38.5 Å². The van der Waals surface area contributed by atoms with Crippen LogP contribution in [-0.2, 0) is 25.6 Å². The molecule has 3 rings (SSSR count). The summed E-state index contributed by atoms with van der Waals surface area (Å²) in [4.78, 5) is 46.3. The molecule has 0 radical (unpaired) electrons. The van der Waals surface area contributed by atoms with Crippen LogP contribution >= 0.6 is 0 Å². The molecule has 0 bridgehead atoms. The first kappa shape index (κ1) is 29.1. The number of benzene rings is 2. The van der Waals surface area contributed by atoms with E-state index in [-0.39, 0.29) is 55.2 Å². The number of rotatable bonds is 13. The number of carbonyl (C=O) groups is 3. The van der Waals surface area contributed by atoms with Gasteiger partial charge in [-0.3, -0.25) is 14.6 Å². The molecule has 2 N–H and O–H groups in total. The molecule has 2 aromatic carbocycles. The molecule has 0 saturated carbocycles. The lowest BCUT2D eigenvalue weighted by molar-refractivity contribution is -0.146. The highest BCUT2D eigenvalue weighted by Crippen LogP contribution is 2.34. The molecule has 12 heteroatoms. The number of amides is 1. The van der Waals surface area contributed by atoms with Gasteiger partial charge in [-0.15, -0.1) is 0 Å².